The van der Waals surface area contributed by atoms with Crippen molar-refractivity contribution in [3.05, 3.63) is 71.9 Å². The zero-order chi connectivity index (χ0) is 21.3. The SMILES string of the molecule is CC(C)CCNC(=O)[C@@]1(C)Cn2c(cc3ccccc32)C(=O)N1Cc1ccccc1. The molecule has 0 spiro atoms. The zero-order valence-corrected chi connectivity index (χ0v) is 17.9. The lowest BCUT2D eigenvalue weighted by Crippen LogP contribution is -2.63. The van der Waals surface area contributed by atoms with Crippen LogP contribution in [-0.4, -0.2) is 33.4 Å². The highest BCUT2D eigenvalue weighted by atomic mass is 16.2. The maximum atomic E-state index is 13.6. The van der Waals surface area contributed by atoms with Crippen molar-refractivity contribution in [2.24, 2.45) is 5.92 Å². The van der Waals surface area contributed by atoms with Crippen molar-refractivity contribution in [3.63, 3.8) is 0 Å². The van der Waals surface area contributed by atoms with Gasteiger partial charge in [-0.1, -0.05) is 62.4 Å². The second-order valence-electron chi connectivity index (χ2n) is 8.76. The highest BCUT2D eigenvalue weighted by Gasteiger charge is 2.47. The number of nitrogens with zero attached hydrogens (tertiary/aromatic N) is 2. The van der Waals surface area contributed by atoms with Gasteiger partial charge >= 0.3 is 0 Å². The molecule has 0 unspecified atom stereocenters. The number of amides is 2. The van der Waals surface area contributed by atoms with Crippen LogP contribution in [0.3, 0.4) is 0 Å². The fourth-order valence-corrected chi connectivity index (χ4v) is 4.18. The molecule has 1 atom stereocenters. The molecule has 1 aromatic heterocycles. The van der Waals surface area contributed by atoms with E-state index in [4.69, 9.17) is 0 Å². The molecule has 2 heterocycles. The Bertz CT molecular complexity index is 1070. The Hall–Kier alpha value is -3.08. The molecular weight excluding hydrogens is 374 g/mol. The van der Waals surface area contributed by atoms with Gasteiger partial charge in [0.25, 0.3) is 5.91 Å². The summed E-state index contributed by atoms with van der Waals surface area (Å²) >= 11 is 0. The summed E-state index contributed by atoms with van der Waals surface area (Å²) in [6, 6.07) is 19.8. The van der Waals surface area contributed by atoms with Gasteiger partial charge in [0, 0.05) is 24.0 Å². The van der Waals surface area contributed by atoms with E-state index < -0.39 is 5.54 Å². The fraction of sp³-hybridized carbons (Fsp3) is 0.360. The average Bonchev–Trinajstić information content (AvgIpc) is 3.10. The molecule has 0 bridgehead atoms. The third kappa shape index (κ3) is 3.60. The Kier molecular flexibility index (Phi) is 5.37. The van der Waals surface area contributed by atoms with E-state index in [1.165, 1.54) is 0 Å². The molecule has 2 aromatic carbocycles. The van der Waals surface area contributed by atoms with Crippen molar-refractivity contribution < 1.29 is 9.59 Å². The molecule has 2 amide bonds. The second kappa shape index (κ2) is 7.98. The zero-order valence-electron chi connectivity index (χ0n) is 17.9. The maximum absolute atomic E-state index is 13.6. The van der Waals surface area contributed by atoms with Crippen LogP contribution in [0.5, 0.6) is 0 Å². The van der Waals surface area contributed by atoms with Crippen LogP contribution < -0.4 is 5.32 Å². The van der Waals surface area contributed by atoms with Gasteiger partial charge in [-0.05, 0) is 37.0 Å². The van der Waals surface area contributed by atoms with Gasteiger partial charge in [-0.25, -0.2) is 0 Å². The molecule has 0 fully saturated rings. The first kappa shape index (κ1) is 20.2. The molecule has 4 rings (SSSR count). The Balaban J connectivity index is 1.74. The summed E-state index contributed by atoms with van der Waals surface area (Å²) in [5.74, 6) is 0.296. The van der Waals surface area contributed by atoms with Crippen LogP contribution in [0, 0.1) is 5.92 Å². The largest absolute Gasteiger partial charge is 0.354 e. The van der Waals surface area contributed by atoms with Gasteiger partial charge < -0.3 is 14.8 Å². The minimum absolute atomic E-state index is 0.101. The van der Waals surface area contributed by atoms with Gasteiger partial charge in [-0.2, -0.15) is 0 Å². The third-order valence-corrected chi connectivity index (χ3v) is 6.02. The van der Waals surface area contributed by atoms with Crippen molar-refractivity contribution in [1.29, 1.82) is 0 Å². The van der Waals surface area contributed by atoms with Gasteiger partial charge in [0.2, 0.25) is 5.91 Å². The van der Waals surface area contributed by atoms with Crippen LogP contribution in [0.25, 0.3) is 10.9 Å². The van der Waals surface area contributed by atoms with Crippen molar-refractivity contribution >= 4 is 22.7 Å². The van der Waals surface area contributed by atoms with Gasteiger partial charge in [0.05, 0.1) is 6.54 Å². The number of aromatic nitrogens is 1. The first-order valence-corrected chi connectivity index (χ1v) is 10.6. The van der Waals surface area contributed by atoms with Crippen LogP contribution >= 0.6 is 0 Å². The third-order valence-electron chi connectivity index (χ3n) is 6.02. The lowest BCUT2D eigenvalue weighted by molar-refractivity contribution is -0.133. The second-order valence-corrected chi connectivity index (χ2v) is 8.76. The molecular formula is C25H29N3O2. The van der Waals surface area contributed by atoms with Gasteiger partial charge in [-0.3, -0.25) is 9.59 Å². The van der Waals surface area contributed by atoms with Crippen LogP contribution in [0.1, 0.15) is 43.2 Å². The van der Waals surface area contributed by atoms with Crippen molar-refractivity contribution in [3.8, 4) is 0 Å². The molecule has 1 N–H and O–H groups in total. The summed E-state index contributed by atoms with van der Waals surface area (Å²) in [5, 5.41) is 4.10. The number of carbonyl (C=O) groups is 2. The summed E-state index contributed by atoms with van der Waals surface area (Å²) in [5.41, 5.74) is 1.66. The highest BCUT2D eigenvalue weighted by Crippen LogP contribution is 2.33. The maximum Gasteiger partial charge on any atom is 0.271 e. The summed E-state index contributed by atoms with van der Waals surface area (Å²) < 4.78 is 2.00. The molecule has 3 aromatic rings. The van der Waals surface area contributed by atoms with E-state index >= 15 is 0 Å². The van der Waals surface area contributed by atoms with E-state index in [1.54, 1.807) is 4.90 Å². The van der Waals surface area contributed by atoms with Crippen LogP contribution in [0.15, 0.2) is 60.7 Å². The van der Waals surface area contributed by atoms with E-state index in [0.717, 1.165) is 22.9 Å². The Morgan fingerprint density at radius 2 is 1.80 bits per heavy atom. The van der Waals surface area contributed by atoms with E-state index in [0.29, 0.717) is 31.2 Å². The standard InChI is InChI=1S/C25H29N3O2/c1-18(2)13-14-26-24(30)25(3)17-27-21-12-8-7-11-20(21)15-22(27)23(29)28(25)16-19-9-5-4-6-10-19/h4-12,15,18H,13-14,16-17H2,1-3H3,(H,26,30)/t25-/m1/s1. The number of para-hydroxylation sites is 1. The van der Waals surface area contributed by atoms with E-state index in [9.17, 15) is 9.59 Å². The molecule has 156 valence electrons. The Labute approximate surface area is 177 Å². The molecule has 5 nitrogen and oxygen atoms in total. The molecule has 5 heteroatoms. The number of benzene rings is 2. The number of fused-ring (bicyclic) bond motifs is 3. The summed E-state index contributed by atoms with van der Waals surface area (Å²) in [4.78, 5) is 28.8. The summed E-state index contributed by atoms with van der Waals surface area (Å²) in [6.07, 6.45) is 0.909. The predicted octanol–water partition coefficient (Wildman–Crippen LogP) is 4.22. The Morgan fingerprint density at radius 3 is 2.53 bits per heavy atom. The topological polar surface area (TPSA) is 54.3 Å². The molecule has 0 saturated carbocycles. The van der Waals surface area contributed by atoms with E-state index in [2.05, 4.69) is 19.2 Å². The smallest absolute Gasteiger partial charge is 0.271 e. The summed E-state index contributed by atoms with van der Waals surface area (Å²) in [6.45, 7) is 7.60. The number of hydrogen-bond acceptors (Lipinski definition) is 2. The molecule has 0 saturated heterocycles. The van der Waals surface area contributed by atoms with Crippen molar-refractivity contribution in [1.82, 2.24) is 14.8 Å². The molecule has 1 aliphatic rings. The van der Waals surface area contributed by atoms with E-state index in [-0.39, 0.29) is 11.8 Å². The van der Waals surface area contributed by atoms with Gasteiger partial charge in [0.15, 0.2) is 0 Å². The van der Waals surface area contributed by atoms with Gasteiger partial charge in [0.1, 0.15) is 11.2 Å². The van der Waals surface area contributed by atoms with Crippen LogP contribution in [0.4, 0.5) is 0 Å². The molecule has 0 radical (unpaired) electrons. The predicted molar refractivity (Wildman–Crippen MR) is 119 cm³/mol. The van der Waals surface area contributed by atoms with E-state index in [1.807, 2.05) is 72.2 Å². The number of nitrogens with one attached hydrogen (secondary N) is 1. The quantitative estimate of drug-likeness (QED) is 0.670. The average molecular weight is 404 g/mol. The van der Waals surface area contributed by atoms with Gasteiger partial charge in [-0.15, -0.1) is 0 Å². The van der Waals surface area contributed by atoms with Crippen molar-refractivity contribution in [2.45, 2.75) is 45.8 Å². The fourth-order valence-electron chi connectivity index (χ4n) is 4.18. The van der Waals surface area contributed by atoms with Crippen LogP contribution in [-0.2, 0) is 17.9 Å². The first-order chi connectivity index (χ1) is 14.4. The van der Waals surface area contributed by atoms with Crippen molar-refractivity contribution in [2.75, 3.05) is 6.54 Å². The minimum Gasteiger partial charge on any atom is -0.354 e. The normalized spacial score (nSPS) is 18.7. The lowest BCUT2D eigenvalue weighted by atomic mass is 9.93. The minimum atomic E-state index is -0.974. The Morgan fingerprint density at radius 1 is 1.10 bits per heavy atom. The first-order valence-electron chi connectivity index (χ1n) is 10.6. The monoisotopic (exact) mass is 403 g/mol. The number of rotatable bonds is 6. The molecule has 0 aliphatic carbocycles. The highest BCUT2D eigenvalue weighted by molar-refractivity contribution is 6.03. The lowest BCUT2D eigenvalue weighted by Gasteiger charge is -2.44. The van der Waals surface area contributed by atoms with Crippen LogP contribution in [0.2, 0.25) is 0 Å². The molecule has 1 aliphatic heterocycles. The molecule has 30 heavy (non-hydrogen) atoms. The number of hydrogen-bond donors (Lipinski definition) is 1. The number of carbonyl (C=O) groups excluding carboxylic acids is 2. The summed E-state index contributed by atoms with van der Waals surface area (Å²) in [7, 11) is 0.